The summed E-state index contributed by atoms with van der Waals surface area (Å²) >= 11 is 0. The van der Waals surface area contributed by atoms with Gasteiger partial charge < -0.3 is 14.1 Å². The van der Waals surface area contributed by atoms with Crippen LogP contribution in [0, 0.1) is 11.6 Å². The van der Waals surface area contributed by atoms with Crippen LogP contribution in [0.2, 0.25) is 0 Å². The van der Waals surface area contributed by atoms with Crippen molar-refractivity contribution in [2.45, 2.75) is 5.09 Å². The minimum Gasteiger partial charge on any atom is -0.463 e. The zero-order valence-electron chi connectivity index (χ0n) is 16.2. The first-order chi connectivity index (χ1) is 15.2. The number of anilines is 1. The number of rotatable bonds is 6. The Kier molecular flexibility index (Phi) is 5.22. The third-order valence-electron chi connectivity index (χ3n) is 4.49. The van der Waals surface area contributed by atoms with E-state index < -0.39 is 55.5 Å². The van der Waals surface area contributed by atoms with Crippen molar-refractivity contribution in [1.29, 1.82) is 0 Å². The van der Waals surface area contributed by atoms with Gasteiger partial charge in [0.25, 0.3) is 10.0 Å². The number of methoxy groups -OCH3 is 1. The van der Waals surface area contributed by atoms with Crippen molar-refractivity contribution in [3.63, 3.8) is 0 Å². The zero-order chi connectivity index (χ0) is 23.0. The third-order valence-corrected chi connectivity index (χ3v) is 5.73. The Bertz CT molecular complexity index is 1480. The number of pyridine rings is 1. The second kappa shape index (κ2) is 7.89. The van der Waals surface area contributed by atoms with E-state index in [1.165, 1.54) is 12.4 Å². The van der Waals surface area contributed by atoms with Crippen LogP contribution in [0.15, 0.2) is 58.3 Å². The van der Waals surface area contributed by atoms with Crippen LogP contribution in [0.1, 0.15) is 26.5 Å². The van der Waals surface area contributed by atoms with E-state index >= 15 is 4.39 Å². The Morgan fingerprint density at radius 1 is 1.16 bits per heavy atom. The summed E-state index contributed by atoms with van der Waals surface area (Å²) in [5.41, 5.74) is -1.35. The summed E-state index contributed by atoms with van der Waals surface area (Å²) in [6.45, 7) is 0. The second-order valence-corrected chi connectivity index (χ2v) is 8.04. The summed E-state index contributed by atoms with van der Waals surface area (Å²) in [6, 6.07) is 6.69. The van der Waals surface area contributed by atoms with Gasteiger partial charge in [-0.15, -0.1) is 0 Å². The van der Waals surface area contributed by atoms with E-state index in [9.17, 15) is 22.4 Å². The average molecular weight is 461 g/mol. The van der Waals surface area contributed by atoms with Crippen LogP contribution < -0.4 is 4.72 Å². The number of ketones is 1. The molecule has 0 bridgehead atoms. The number of nitrogens with one attached hydrogen (secondary N) is 2. The molecule has 0 aliphatic heterocycles. The molecule has 0 amide bonds. The average Bonchev–Trinajstić information content (AvgIpc) is 3.43. The van der Waals surface area contributed by atoms with Gasteiger partial charge in [0.15, 0.2) is 5.82 Å². The number of halogens is 2. The molecule has 0 aliphatic rings. The molecule has 0 aliphatic carbocycles. The fourth-order valence-corrected chi connectivity index (χ4v) is 3.98. The first-order valence-electron chi connectivity index (χ1n) is 8.88. The van der Waals surface area contributed by atoms with Crippen LogP contribution in [0.4, 0.5) is 14.5 Å². The largest absolute Gasteiger partial charge is 0.463 e. The Labute approximate surface area is 179 Å². The minimum atomic E-state index is -4.51. The molecule has 0 radical (unpaired) electrons. The molecule has 3 heterocycles. The van der Waals surface area contributed by atoms with Crippen molar-refractivity contribution in [1.82, 2.24) is 9.97 Å². The number of hydrogen-bond acceptors (Lipinski definition) is 7. The van der Waals surface area contributed by atoms with E-state index in [0.29, 0.717) is 11.0 Å². The summed E-state index contributed by atoms with van der Waals surface area (Å²) in [7, 11) is -3.44. The molecule has 3 aromatic heterocycles. The molecule has 32 heavy (non-hydrogen) atoms. The summed E-state index contributed by atoms with van der Waals surface area (Å²) in [6.07, 6.45) is 2.73. The maximum absolute atomic E-state index is 15.1. The third kappa shape index (κ3) is 3.60. The number of nitrogens with zero attached hydrogens (tertiary/aromatic N) is 1. The van der Waals surface area contributed by atoms with Crippen molar-refractivity contribution in [3.05, 3.63) is 77.3 Å². The van der Waals surface area contributed by atoms with Crippen LogP contribution in [-0.2, 0) is 14.8 Å². The van der Waals surface area contributed by atoms with Crippen molar-refractivity contribution < 1.29 is 35.9 Å². The van der Waals surface area contributed by atoms with Crippen molar-refractivity contribution in [3.8, 4) is 0 Å². The first-order valence-corrected chi connectivity index (χ1v) is 10.4. The van der Waals surface area contributed by atoms with Gasteiger partial charge >= 0.3 is 5.97 Å². The van der Waals surface area contributed by atoms with E-state index in [1.54, 1.807) is 12.1 Å². The predicted molar refractivity (Wildman–Crippen MR) is 107 cm³/mol. The SMILES string of the molecule is COC(=O)c1ccc(S(=O)(=O)Nc2ccc(F)c(C(=O)c3c[nH]c4ncccc34)c2F)o1. The normalized spacial score (nSPS) is 11.5. The van der Waals surface area contributed by atoms with Gasteiger partial charge in [-0.3, -0.25) is 9.52 Å². The molecule has 4 rings (SSSR count). The summed E-state index contributed by atoms with van der Waals surface area (Å²) in [5.74, 6) is -4.92. The Hall–Kier alpha value is -4.06. The first kappa shape index (κ1) is 21.2. The number of ether oxygens (including phenoxy) is 1. The second-order valence-electron chi connectivity index (χ2n) is 6.43. The number of aromatic nitrogens is 2. The Morgan fingerprint density at radius 3 is 2.69 bits per heavy atom. The monoisotopic (exact) mass is 461 g/mol. The van der Waals surface area contributed by atoms with Gasteiger partial charge in [0.2, 0.25) is 16.6 Å². The fourth-order valence-electron chi connectivity index (χ4n) is 2.99. The molecule has 0 atom stereocenters. The van der Waals surface area contributed by atoms with Gasteiger partial charge in [-0.1, -0.05) is 0 Å². The van der Waals surface area contributed by atoms with Gasteiger partial charge in [-0.05, 0) is 36.4 Å². The van der Waals surface area contributed by atoms with Crippen molar-refractivity contribution in [2.75, 3.05) is 11.8 Å². The molecule has 0 fully saturated rings. The molecule has 12 heteroatoms. The molecule has 2 N–H and O–H groups in total. The van der Waals surface area contributed by atoms with E-state index in [-0.39, 0.29) is 5.56 Å². The van der Waals surface area contributed by atoms with Crippen LogP contribution in [-0.4, -0.2) is 37.2 Å². The highest BCUT2D eigenvalue weighted by Gasteiger charge is 2.28. The number of aromatic amines is 1. The van der Waals surface area contributed by atoms with Crippen LogP contribution in [0.25, 0.3) is 11.0 Å². The Morgan fingerprint density at radius 2 is 1.94 bits per heavy atom. The van der Waals surface area contributed by atoms with Gasteiger partial charge in [0.05, 0.1) is 18.4 Å². The summed E-state index contributed by atoms with van der Waals surface area (Å²) < 4.78 is 65.8. The topological polar surface area (TPSA) is 131 Å². The van der Waals surface area contributed by atoms with E-state index in [4.69, 9.17) is 4.42 Å². The lowest BCUT2D eigenvalue weighted by atomic mass is 10.0. The van der Waals surface area contributed by atoms with Crippen LogP contribution >= 0.6 is 0 Å². The zero-order valence-corrected chi connectivity index (χ0v) is 17.0. The molecule has 0 unspecified atom stereocenters. The number of carbonyl (C=O) groups is 2. The molecular weight excluding hydrogens is 448 g/mol. The number of furan rings is 1. The highest BCUT2D eigenvalue weighted by Crippen LogP contribution is 2.28. The van der Waals surface area contributed by atoms with Crippen LogP contribution in [0.3, 0.4) is 0 Å². The molecule has 0 saturated heterocycles. The van der Waals surface area contributed by atoms with Crippen LogP contribution in [0.5, 0.6) is 0 Å². The van der Waals surface area contributed by atoms with Gasteiger partial charge in [0.1, 0.15) is 11.5 Å². The molecule has 1 aromatic carbocycles. The Balaban J connectivity index is 1.71. The lowest BCUT2D eigenvalue weighted by Gasteiger charge is -2.10. The number of sulfonamides is 1. The van der Waals surface area contributed by atoms with Crippen molar-refractivity contribution >= 4 is 38.5 Å². The predicted octanol–water partition coefficient (Wildman–Crippen LogP) is 3.25. The molecule has 0 spiro atoms. The smallest absolute Gasteiger partial charge is 0.374 e. The number of H-pyrrole nitrogens is 1. The maximum atomic E-state index is 15.1. The molecular formula is C20H13F2N3O6S. The van der Waals surface area contributed by atoms with Gasteiger partial charge in [0, 0.05) is 23.3 Å². The summed E-state index contributed by atoms with van der Waals surface area (Å²) in [4.78, 5) is 31.1. The van der Waals surface area contributed by atoms with Gasteiger partial charge in [-0.2, -0.15) is 8.42 Å². The van der Waals surface area contributed by atoms with Gasteiger partial charge in [-0.25, -0.2) is 18.6 Å². The van der Waals surface area contributed by atoms with E-state index in [2.05, 4.69) is 14.7 Å². The number of fused-ring (bicyclic) bond motifs is 1. The summed E-state index contributed by atoms with van der Waals surface area (Å²) in [5, 5.41) is -0.370. The highest BCUT2D eigenvalue weighted by molar-refractivity contribution is 7.92. The number of esters is 1. The lowest BCUT2D eigenvalue weighted by Crippen LogP contribution is -2.16. The maximum Gasteiger partial charge on any atom is 0.374 e. The molecule has 4 aromatic rings. The highest BCUT2D eigenvalue weighted by atomic mass is 32.2. The van der Waals surface area contributed by atoms with E-state index in [1.807, 2.05) is 4.72 Å². The quantitative estimate of drug-likeness (QED) is 0.333. The standard InChI is InChI=1S/C20H13F2N3O6S/c1-30-20(27)14-6-7-15(31-14)32(28,29)25-13-5-4-12(21)16(17(13)22)18(26)11-9-24-19-10(11)3-2-8-23-19/h2-9,25H,1H3,(H,23,24). The lowest BCUT2D eigenvalue weighted by molar-refractivity contribution is 0.0559. The van der Waals surface area contributed by atoms with Crippen molar-refractivity contribution in [2.24, 2.45) is 0 Å². The molecule has 9 nitrogen and oxygen atoms in total. The minimum absolute atomic E-state index is 0.0420. The molecule has 0 saturated carbocycles. The number of carbonyl (C=O) groups excluding carboxylic acids is 2. The number of benzene rings is 1. The fraction of sp³-hybridized carbons (Fsp3) is 0.0500. The molecule has 164 valence electrons. The van der Waals surface area contributed by atoms with E-state index in [0.717, 1.165) is 31.4 Å². The number of hydrogen-bond donors (Lipinski definition) is 2.